The summed E-state index contributed by atoms with van der Waals surface area (Å²) < 4.78 is 0. The molecule has 1 rings (SSSR count). The van der Waals surface area contributed by atoms with Gasteiger partial charge in [-0.25, -0.2) is 0 Å². The predicted molar refractivity (Wildman–Crippen MR) is 52.5 cm³/mol. The van der Waals surface area contributed by atoms with Crippen molar-refractivity contribution in [3.63, 3.8) is 0 Å². The van der Waals surface area contributed by atoms with Gasteiger partial charge in [0, 0.05) is 30.6 Å². The van der Waals surface area contributed by atoms with E-state index in [0.29, 0.717) is 12.6 Å². The molecule has 1 aliphatic heterocycles. The molecular formula is C8H17N5. The van der Waals surface area contributed by atoms with Crippen molar-refractivity contribution in [1.82, 2.24) is 9.80 Å². The maximum atomic E-state index is 8.11. The van der Waals surface area contributed by atoms with Crippen LogP contribution < -0.4 is 0 Å². The second-order valence-corrected chi connectivity index (χ2v) is 3.66. The molecular weight excluding hydrogens is 166 g/mol. The van der Waals surface area contributed by atoms with Gasteiger partial charge in [0.05, 0.1) is 0 Å². The Labute approximate surface area is 78.9 Å². The van der Waals surface area contributed by atoms with Gasteiger partial charge < -0.3 is 9.80 Å². The van der Waals surface area contributed by atoms with E-state index < -0.39 is 0 Å². The highest BCUT2D eigenvalue weighted by molar-refractivity contribution is 4.80. The summed E-state index contributed by atoms with van der Waals surface area (Å²) in [6.45, 7) is 3.72. The van der Waals surface area contributed by atoms with Gasteiger partial charge in [-0.05, 0) is 32.6 Å². The summed E-state index contributed by atoms with van der Waals surface area (Å²) in [6.07, 6.45) is 1.23. The minimum absolute atomic E-state index is 0.594. The van der Waals surface area contributed by atoms with Gasteiger partial charge in [-0.1, -0.05) is 5.11 Å². The first-order chi connectivity index (χ1) is 6.24. The Bertz CT molecular complexity index is 197. The van der Waals surface area contributed by atoms with Crippen LogP contribution in [0.1, 0.15) is 6.42 Å². The first kappa shape index (κ1) is 10.3. The van der Waals surface area contributed by atoms with Crippen LogP contribution in [-0.2, 0) is 0 Å². The Morgan fingerprint density at radius 1 is 1.62 bits per heavy atom. The molecule has 1 atom stereocenters. The molecule has 1 saturated heterocycles. The minimum Gasteiger partial charge on any atom is -0.305 e. The Morgan fingerprint density at radius 3 is 2.92 bits per heavy atom. The lowest BCUT2D eigenvalue weighted by atomic mass is 10.2. The van der Waals surface area contributed by atoms with Crippen molar-refractivity contribution in [3.05, 3.63) is 10.4 Å². The van der Waals surface area contributed by atoms with E-state index in [-0.39, 0.29) is 0 Å². The highest BCUT2D eigenvalue weighted by Crippen LogP contribution is 2.12. The maximum absolute atomic E-state index is 8.11. The zero-order chi connectivity index (χ0) is 9.68. The summed E-state index contributed by atoms with van der Waals surface area (Å²) in [4.78, 5) is 7.34. The SMILES string of the molecule is CN(C)C1CCN(CCN=[N+]=[N-])C1. The van der Waals surface area contributed by atoms with Gasteiger partial charge in [-0.15, -0.1) is 0 Å². The largest absolute Gasteiger partial charge is 0.305 e. The predicted octanol–water partition coefficient (Wildman–Crippen LogP) is 0.933. The molecule has 0 N–H and O–H groups in total. The van der Waals surface area contributed by atoms with Gasteiger partial charge in [0.15, 0.2) is 0 Å². The topological polar surface area (TPSA) is 55.2 Å². The number of hydrogen-bond acceptors (Lipinski definition) is 3. The molecule has 1 heterocycles. The Morgan fingerprint density at radius 2 is 2.38 bits per heavy atom. The van der Waals surface area contributed by atoms with Crippen LogP contribution in [0.2, 0.25) is 0 Å². The van der Waals surface area contributed by atoms with Crippen molar-refractivity contribution in [2.45, 2.75) is 12.5 Å². The van der Waals surface area contributed by atoms with Crippen LogP contribution in [-0.4, -0.2) is 56.1 Å². The van der Waals surface area contributed by atoms with Crippen molar-refractivity contribution in [1.29, 1.82) is 0 Å². The molecule has 0 amide bonds. The van der Waals surface area contributed by atoms with E-state index in [1.807, 2.05) is 0 Å². The standard InChI is InChI=1S/C8H17N5/c1-12(2)8-3-5-13(7-8)6-4-10-11-9/h8H,3-7H2,1-2H3. The summed E-state index contributed by atoms with van der Waals surface area (Å²) in [6, 6.07) is 0.672. The lowest BCUT2D eigenvalue weighted by Gasteiger charge is -2.19. The molecule has 5 heteroatoms. The quantitative estimate of drug-likeness (QED) is 0.370. The van der Waals surface area contributed by atoms with Gasteiger partial charge >= 0.3 is 0 Å². The molecule has 1 fully saturated rings. The third kappa shape index (κ3) is 3.22. The summed E-state index contributed by atoms with van der Waals surface area (Å²) in [7, 11) is 4.23. The van der Waals surface area contributed by atoms with Crippen molar-refractivity contribution >= 4 is 0 Å². The second kappa shape index (κ2) is 5.07. The van der Waals surface area contributed by atoms with Crippen LogP contribution in [0, 0.1) is 0 Å². The van der Waals surface area contributed by atoms with E-state index in [2.05, 4.69) is 33.9 Å². The average Bonchev–Trinajstić information content (AvgIpc) is 2.53. The molecule has 0 aromatic rings. The van der Waals surface area contributed by atoms with Crippen molar-refractivity contribution in [2.24, 2.45) is 5.11 Å². The number of hydrogen-bond donors (Lipinski definition) is 0. The third-order valence-electron chi connectivity index (χ3n) is 2.56. The monoisotopic (exact) mass is 183 g/mol. The fourth-order valence-corrected chi connectivity index (χ4v) is 1.67. The molecule has 0 radical (unpaired) electrons. The second-order valence-electron chi connectivity index (χ2n) is 3.66. The highest BCUT2D eigenvalue weighted by Gasteiger charge is 2.22. The van der Waals surface area contributed by atoms with Gasteiger partial charge in [-0.2, -0.15) is 0 Å². The molecule has 0 spiro atoms. The van der Waals surface area contributed by atoms with Crippen molar-refractivity contribution in [3.8, 4) is 0 Å². The van der Waals surface area contributed by atoms with E-state index in [0.717, 1.165) is 19.6 Å². The summed E-state index contributed by atoms with van der Waals surface area (Å²) in [5.74, 6) is 0. The zero-order valence-electron chi connectivity index (χ0n) is 8.35. The van der Waals surface area contributed by atoms with Crippen LogP contribution in [0.15, 0.2) is 5.11 Å². The first-order valence-corrected chi connectivity index (χ1v) is 4.63. The molecule has 0 bridgehead atoms. The summed E-state index contributed by atoms with van der Waals surface area (Å²) in [5.41, 5.74) is 8.11. The van der Waals surface area contributed by atoms with Crippen LogP contribution >= 0.6 is 0 Å². The molecule has 0 aromatic heterocycles. The van der Waals surface area contributed by atoms with Crippen molar-refractivity contribution in [2.75, 3.05) is 40.3 Å². The van der Waals surface area contributed by atoms with Crippen LogP contribution in [0.25, 0.3) is 10.4 Å². The molecule has 13 heavy (non-hydrogen) atoms. The summed E-state index contributed by atoms with van der Waals surface area (Å²) in [5, 5.41) is 3.53. The fourth-order valence-electron chi connectivity index (χ4n) is 1.67. The minimum atomic E-state index is 0.594. The zero-order valence-corrected chi connectivity index (χ0v) is 8.35. The fraction of sp³-hybridized carbons (Fsp3) is 1.00. The molecule has 1 aliphatic rings. The number of nitrogens with zero attached hydrogens (tertiary/aromatic N) is 5. The average molecular weight is 183 g/mol. The smallest absolute Gasteiger partial charge is 0.0385 e. The third-order valence-corrected chi connectivity index (χ3v) is 2.56. The molecule has 0 aliphatic carbocycles. The lowest BCUT2D eigenvalue weighted by molar-refractivity contribution is 0.272. The highest BCUT2D eigenvalue weighted by atomic mass is 15.2. The maximum Gasteiger partial charge on any atom is 0.0385 e. The van der Waals surface area contributed by atoms with Crippen LogP contribution in [0.5, 0.6) is 0 Å². The first-order valence-electron chi connectivity index (χ1n) is 4.63. The molecule has 0 aromatic carbocycles. The van der Waals surface area contributed by atoms with E-state index >= 15 is 0 Å². The summed E-state index contributed by atoms with van der Waals surface area (Å²) >= 11 is 0. The Balaban J connectivity index is 2.21. The molecule has 1 unspecified atom stereocenters. The van der Waals surface area contributed by atoms with Gasteiger partial charge in [0.25, 0.3) is 0 Å². The normalized spacial score (nSPS) is 23.5. The number of likely N-dealkylation sites (N-methyl/N-ethyl adjacent to an activating group) is 1. The van der Waals surface area contributed by atoms with Crippen LogP contribution in [0.3, 0.4) is 0 Å². The van der Waals surface area contributed by atoms with E-state index in [1.54, 1.807) is 0 Å². The van der Waals surface area contributed by atoms with Crippen molar-refractivity contribution < 1.29 is 0 Å². The molecule has 74 valence electrons. The van der Waals surface area contributed by atoms with Gasteiger partial charge in [-0.3, -0.25) is 0 Å². The van der Waals surface area contributed by atoms with Gasteiger partial charge in [0.2, 0.25) is 0 Å². The molecule has 5 nitrogen and oxygen atoms in total. The number of azide groups is 1. The van der Waals surface area contributed by atoms with Gasteiger partial charge in [0.1, 0.15) is 0 Å². The Kier molecular flexibility index (Phi) is 4.02. The number of likely N-dealkylation sites (tertiary alicyclic amines) is 1. The van der Waals surface area contributed by atoms with E-state index in [1.165, 1.54) is 6.42 Å². The van der Waals surface area contributed by atoms with Crippen LogP contribution in [0.4, 0.5) is 0 Å². The number of rotatable bonds is 4. The lowest BCUT2D eigenvalue weighted by Crippen LogP contribution is -2.32. The van der Waals surface area contributed by atoms with E-state index in [9.17, 15) is 0 Å². The van der Waals surface area contributed by atoms with E-state index in [4.69, 9.17) is 5.53 Å². The Hall–Kier alpha value is -0.770. The molecule has 0 saturated carbocycles.